The van der Waals surface area contributed by atoms with Crippen LogP contribution in [-0.2, 0) is 18.0 Å². The van der Waals surface area contributed by atoms with Gasteiger partial charge in [-0.1, -0.05) is 39.9 Å². The first-order valence-electron chi connectivity index (χ1n) is 6.39. The second-order valence-electron chi connectivity index (χ2n) is 4.43. The molecule has 0 aliphatic carbocycles. The third-order valence-corrected chi connectivity index (χ3v) is 3.25. The van der Waals surface area contributed by atoms with Gasteiger partial charge in [0.1, 0.15) is 12.4 Å². The van der Waals surface area contributed by atoms with Crippen molar-refractivity contribution in [2.75, 3.05) is 6.61 Å². The Kier molecular flexibility index (Phi) is 5.94. The molecule has 0 saturated carbocycles. The molecule has 0 radical (unpaired) electrons. The van der Waals surface area contributed by atoms with Crippen LogP contribution in [0, 0.1) is 17.7 Å². The van der Waals surface area contributed by atoms with Crippen molar-refractivity contribution < 1.29 is 14.2 Å². The van der Waals surface area contributed by atoms with E-state index in [2.05, 4.69) is 27.8 Å². The fourth-order valence-corrected chi connectivity index (χ4v) is 2.08. The molecule has 2 nitrogen and oxygen atoms in total. The molecule has 0 unspecified atom stereocenters. The monoisotopic (exact) mass is 348 g/mol. The highest BCUT2D eigenvalue weighted by Crippen LogP contribution is 2.13. The van der Waals surface area contributed by atoms with E-state index in [0.717, 1.165) is 10.0 Å². The Bertz CT molecular complexity index is 657. The Morgan fingerprint density at radius 3 is 2.48 bits per heavy atom. The normalized spacial score (nSPS) is 10.0. The zero-order valence-corrected chi connectivity index (χ0v) is 12.9. The van der Waals surface area contributed by atoms with Gasteiger partial charge in [-0.25, -0.2) is 4.39 Å². The molecule has 4 heteroatoms. The van der Waals surface area contributed by atoms with Crippen LogP contribution in [0.5, 0.6) is 0 Å². The highest BCUT2D eigenvalue weighted by atomic mass is 79.9. The smallest absolute Gasteiger partial charge is 0.124 e. The first-order valence-corrected chi connectivity index (χ1v) is 7.18. The summed E-state index contributed by atoms with van der Waals surface area (Å²) in [6.07, 6.45) is 0. The van der Waals surface area contributed by atoms with Crippen LogP contribution >= 0.6 is 15.9 Å². The van der Waals surface area contributed by atoms with Crippen molar-refractivity contribution in [1.29, 1.82) is 0 Å². The molecule has 0 saturated heterocycles. The van der Waals surface area contributed by atoms with E-state index in [0.29, 0.717) is 24.3 Å². The van der Waals surface area contributed by atoms with Gasteiger partial charge in [0.15, 0.2) is 0 Å². The van der Waals surface area contributed by atoms with Gasteiger partial charge in [-0.15, -0.1) is 0 Å². The van der Waals surface area contributed by atoms with Crippen molar-refractivity contribution in [2.24, 2.45) is 0 Å². The molecule has 0 aliphatic heterocycles. The van der Waals surface area contributed by atoms with Crippen LogP contribution in [0.2, 0.25) is 0 Å². The summed E-state index contributed by atoms with van der Waals surface area (Å²) in [5.74, 6) is 4.83. The van der Waals surface area contributed by atoms with Gasteiger partial charge in [0.05, 0.1) is 13.2 Å². The predicted octanol–water partition coefficient (Wildman–Crippen LogP) is 3.65. The van der Waals surface area contributed by atoms with E-state index in [9.17, 15) is 4.39 Å². The maximum absolute atomic E-state index is 13.5. The van der Waals surface area contributed by atoms with E-state index in [-0.39, 0.29) is 12.4 Å². The van der Waals surface area contributed by atoms with Crippen LogP contribution in [0.3, 0.4) is 0 Å². The largest absolute Gasteiger partial charge is 0.384 e. The quantitative estimate of drug-likeness (QED) is 0.854. The highest BCUT2D eigenvalue weighted by molar-refractivity contribution is 9.10. The summed E-state index contributed by atoms with van der Waals surface area (Å²) in [4.78, 5) is 0. The molecular formula is C17H14BrFO2. The molecule has 0 spiro atoms. The van der Waals surface area contributed by atoms with Gasteiger partial charge in [-0.2, -0.15) is 0 Å². The van der Waals surface area contributed by atoms with E-state index in [1.807, 2.05) is 24.3 Å². The topological polar surface area (TPSA) is 29.5 Å². The Hall–Kier alpha value is -1.67. The van der Waals surface area contributed by atoms with Crippen LogP contribution in [0.15, 0.2) is 46.9 Å². The summed E-state index contributed by atoms with van der Waals surface area (Å²) in [6, 6.07) is 12.3. The summed E-state index contributed by atoms with van der Waals surface area (Å²) >= 11 is 3.37. The number of ether oxygens (including phenoxy) is 1. The summed E-state index contributed by atoms with van der Waals surface area (Å²) in [7, 11) is 0. The van der Waals surface area contributed by atoms with E-state index in [1.165, 1.54) is 12.1 Å². The number of aliphatic hydroxyl groups excluding tert-OH is 1. The standard InChI is InChI=1S/C17H14BrFO2/c18-16-5-3-13(4-6-16)11-21-12-15-8-14(2-1-7-20)9-17(19)10-15/h3-6,8-10,20H,7,11-12H2. The molecule has 0 fully saturated rings. The second-order valence-corrected chi connectivity index (χ2v) is 5.34. The zero-order chi connectivity index (χ0) is 15.1. The lowest BCUT2D eigenvalue weighted by Gasteiger charge is -2.06. The molecule has 0 amide bonds. The molecule has 0 aliphatic rings. The van der Waals surface area contributed by atoms with Crippen LogP contribution in [0.25, 0.3) is 0 Å². The maximum Gasteiger partial charge on any atom is 0.124 e. The Balaban J connectivity index is 1.96. The Morgan fingerprint density at radius 1 is 1.05 bits per heavy atom. The molecule has 0 heterocycles. The highest BCUT2D eigenvalue weighted by Gasteiger charge is 2.01. The van der Waals surface area contributed by atoms with Gasteiger partial charge in [0, 0.05) is 10.0 Å². The fourth-order valence-electron chi connectivity index (χ4n) is 1.81. The van der Waals surface area contributed by atoms with Gasteiger partial charge in [0.25, 0.3) is 0 Å². The van der Waals surface area contributed by atoms with Crippen LogP contribution in [0.1, 0.15) is 16.7 Å². The lowest BCUT2D eigenvalue weighted by atomic mass is 10.1. The number of hydrogen-bond acceptors (Lipinski definition) is 2. The number of halogens is 2. The molecule has 2 aromatic carbocycles. The minimum Gasteiger partial charge on any atom is -0.384 e. The van der Waals surface area contributed by atoms with Gasteiger partial charge >= 0.3 is 0 Å². The third-order valence-electron chi connectivity index (χ3n) is 2.72. The molecule has 2 rings (SSSR count). The first kappa shape index (κ1) is 15.7. The lowest BCUT2D eigenvalue weighted by molar-refractivity contribution is 0.107. The average molecular weight is 349 g/mol. The van der Waals surface area contributed by atoms with Gasteiger partial charge < -0.3 is 9.84 Å². The van der Waals surface area contributed by atoms with Crippen LogP contribution in [0.4, 0.5) is 4.39 Å². The molecule has 108 valence electrons. The average Bonchev–Trinajstić information content (AvgIpc) is 2.47. The Labute approximate surface area is 131 Å². The molecule has 1 N–H and O–H groups in total. The van der Waals surface area contributed by atoms with Gasteiger partial charge in [-0.05, 0) is 41.5 Å². The summed E-state index contributed by atoms with van der Waals surface area (Å²) < 4.78 is 20.1. The maximum atomic E-state index is 13.5. The number of aliphatic hydroxyl groups is 1. The first-order chi connectivity index (χ1) is 10.2. The SMILES string of the molecule is OCC#Cc1cc(F)cc(COCc2ccc(Br)cc2)c1. The zero-order valence-electron chi connectivity index (χ0n) is 11.3. The fraction of sp³-hybridized carbons (Fsp3) is 0.176. The number of hydrogen-bond donors (Lipinski definition) is 1. The minimum atomic E-state index is -0.359. The van der Waals surface area contributed by atoms with Gasteiger partial charge in [0.2, 0.25) is 0 Å². The molecule has 21 heavy (non-hydrogen) atoms. The molecule has 2 aromatic rings. The van der Waals surface area contributed by atoms with Crippen molar-refractivity contribution in [3.63, 3.8) is 0 Å². The summed E-state index contributed by atoms with van der Waals surface area (Å²) in [5.41, 5.74) is 2.30. The van der Waals surface area contributed by atoms with Gasteiger partial charge in [-0.3, -0.25) is 0 Å². The molecule has 0 bridgehead atoms. The number of benzene rings is 2. The van der Waals surface area contributed by atoms with Crippen LogP contribution in [-0.4, -0.2) is 11.7 Å². The molecule has 0 atom stereocenters. The third kappa shape index (κ3) is 5.31. The minimum absolute atomic E-state index is 0.244. The second kappa shape index (κ2) is 7.94. The van der Waals surface area contributed by atoms with Crippen molar-refractivity contribution in [1.82, 2.24) is 0 Å². The molecular weight excluding hydrogens is 335 g/mol. The van der Waals surface area contributed by atoms with Crippen molar-refractivity contribution >= 4 is 15.9 Å². The van der Waals surface area contributed by atoms with E-state index in [4.69, 9.17) is 9.84 Å². The van der Waals surface area contributed by atoms with E-state index >= 15 is 0 Å². The van der Waals surface area contributed by atoms with E-state index in [1.54, 1.807) is 6.07 Å². The predicted molar refractivity (Wildman–Crippen MR) is 83.0 cm³/mol. The summed E-state index contributed by atoms with van der Waals surface area (Å²) in [6.45, 7) is 0.523. The van der Waals surface area contributed by atoms with Crippen LogP contribution < -0.4 is 0 Å². The van der Waals surface area contributed by atoms with Crippen molar-refractivity contribution in [3.8, 4) is 11.8 Å². The van der Waals surface area contributed by atoms with Crippen molar-refractivity contribution in [2.45, 2.75) is 13.2 Å². The lowest BCUT2D eigenvalue weighted by Crippen LogP contribution is -1.96. The van der Waals surface area contributed by atoms with E-state index < -0.39 is 0 Å². The Morgan fingerprint density at radius 2 is 1.76 bits per heavy atom. The molecule has 0 aromatic heterocycles. The van der Waals surface area contributed by atoms with Crippen molar-refractivity contribution in [3.05, 3.63) is 69.4 Å². The number of rotatable bonds is 4. The summed E-state index contributed by atoms with van der Waals surface area (Å²) in [5, 5.41) is 8.66.